The predicted molar refractivity (Wildman–Crippen MR) is 140 cm³/mol. The van der Waals surface area contributed by atoms with Crippen LogP contribution in [0.4, 0.5) is 10.1 Å². The van der Waals surface area contributed by atoms with Crippen LogP contribution in [0.25, 0.3) is 16.5 Å². The second kappa shape index (κ2) is 10.2. The molecule has 0 aliphatic carbocycles. The molecule has 0 spiro atoms. The van der Waals surface area contributed by atoms with Gasteiger partial charge < -0.3 is 14.4 Å². The van der Waals surface area contributed by atoms with Crippen molar-refractivity contribution < 1.29 is 13.9 Å². The minimum atomic E-state index is -0.279. The SMILES string of the molecule is O=c1c2ccc(OCC3CCOCC3)cc2ccn1-c1ccc(N2CC[C@@H](N3CCCC3)C2)c(F)c1. The van der Waals surface area contributed by atoms with Gasteiger partial charge >= 0.3 is 0 Å². The van der Waals surface area contributed by atoms with E-state index in [4.69, 9.17) is 9.47 Å². The zero-order valence-corrected chi connectivity index (χ0v) is 20.7. The van der Waals surface area contributed by atoms with Crippen LogP contribution in [-0.4, -0.2) is 61.5 Å². The second-order valence-electron chi connectivity index (χ2n) is 10.4. The number of rotatable bonds is 6. The van der Waals surface area contributed by atoms with E-state index in [0.717, 1.165) is 69.8 Å². The van der Waals surface area contributed by atoms with Crippen LogP contribution in [0, 0.1) is 11.7 Å². The van der Waals surface area contributed by atoms with Crippen molar-refractivity contribution in [3.8, 4) is 11.4 Å². The van der Waals surface area contributed by atoms with Gasteiger partial charge in [-0.15, -0.1) is 0 Å². The number of benzene rings is 2. The second-order valence-corrected chi connectivity index (χ2v) is 10.4. The maximum Gasteiger partial charge on any atom is 0.262 e. The minimum absolute atomic E-state index is 0.161. The van der Waals surface area contributed by atoms with E-state index >= 15 is 4.39 Å². The van der Waals surface area contributed by atoms with Crippen molar-refractivity contribution in [2.45, 2.75) is 38.1 Å². The minimum Gasteiger partial charge on any atom is -0.493 e. The molecule has 3 fully saturated rings. The summed E-state index contributed by atoms with van der Waals surface area (Å²) in [6.45, 7) is 6.31. The maximum atomic E-state index is 15.2. The van der Waals surface area contributed by atoms with Crippen molar-refractivity contribution in [3.05, 3.63) is 64.8 Å². The van der Waals surface area contributed by atoms with E-state index in [-0.39, 0.29) is 11.4 Å². The van der Waals surface area contributed by atoms with Gasteiger partial charge in [0.25, 0.3) is 5.56 Å². The molecule has 0 saturated carbocycles. The molecular weight excluding hydrogens is 457 g/mol. The molecule has 2 aromatic carbocycles. The van der Waals surface area contributed by atoms with Gasteiger partial charge in [-0.3, -0.25) is 14.3 Å². The number of fused-ring (bicyclic) bond motifs is 1. The third-order valence-electron chi connectivity index (χ3n) is 8.07. The number of pyridine rings is 1. The molecule has 6 nitrogen and oxygen atoms in total. The number of nitrogens with zero attached hydrogens (tertiary/aromatic N) is 3. The Balaban J connectivity index is 1.18. The van der Waals surface area contributed by atoms with Crippen LogP contribution in [0.3, 0.4) is 0 Å². The third kappa shape index (κ3) is 4.74. The molecule has 3 saturated heterocycles. The molecule has 1 aromatic heterocycles. The molecule has 0 amide bonds. The fraction of sp³-hybridized carbons (Fsp3) is 0.483. The number of halogens is 1. The summed E-state index contributed by atoms with van der Waals surface area (Å²) in [5, 5.41) is 1.41. The average Bonchev–Trinajstić information content (AvgIpc) is 3.61. The summed E-state index contributed by atoms with van der Waals surface area (Å²) >= 11 is 0. The molecule has 3 aliphatic heterocycles. The number of aromatic nitrogens is 1. The quantitative estimate of drug-likeness (QED) is 0.504. The third-order valence-corrected chi connectivity index (χ3v) is 8.07. The van der Waals surface area contributed by atoms with Crippen LogP contribution in [0.2, 0.25) is 0 Å². The molecule has 0 bridgehead atoms. The first-order chi connectivity index (χ1) is 17.7. The van der Waals surface area contributed by atoms with Gasteiger partial charge in [0.05, 0.1) is 18.0 Å². The Morgan fingerprint density at radius 3 is 2.61 bits per heavy atom. The molecule has 1 atom stereocenters. The molecule has 7 heteroatoms. The lowest BCUT2D eigenvalue weighted by atomic mass is 10.0. The van der Waals surface area contributed by atoms with E-state index in [9.17, 15) is 4.79 Å². The number of hydrogen-bond donors (Lipinski definition) is 0. The first-order valence-electron chi connectivity index (χ1n) is 13.3. The van der Waals surface area contributed by atoms with E-state index in [1.54, 1.807) is 12.3 Å². The highest BCUT2D eigenvalue weighted by atomic mass is 19.1. The van der Waals surface area contributed by atoms with Gasteiger partial charge in [-0.25, -0.2) is 4.39 Å². The van der Waals surface area contributed by atoms with Crippen molar-refractivity contribution in [2.75, 3.05) is 50.9 Å². The lowest BCUT2D eigenvalue weighted by molar-refractivity contribution is 0.0498. The average molecular weight is 492 g/mol. The van der Waals surface area contributed by atoms with Crippen LogP contribution in [0.5, 0.6) is 5.75 Å². The van der Waals surface area contributed by atoms with Crippen molar-refractivity contribution in [1.29, 1.82) is 0 Å². The molecule has 36 heavy (non-hydrogen) atoms. The van der Waals surface area contributed by atoms with Crippen molar-refractivity contribution in [1.82, 2.24) is 9.47 Å². The fourth-order valence-electron chi connectivity index (χ4n) is 5.91. The van der Waals surface area contributed by atoms with Crippen LogP contribution >= 0.6 is 0 Å². The van der Waals surface area contributed by atoms with Crippen molar-refractivity contribution >= 4 is 16.5 Å². The standard InChI is InChI=1S/C29H34FN3O3/c30-27-18-23(3-6-28(27)32-13-8-24(19-32)31-11-1-2-12-31)33-14-7-22-17-25(4-5-26(22)29(33)34)36-20-21-9-15-35-16-10-21/h3-7,14,17-18,21,24H,1-2,8-13,15-16,19-20H2/t24-/m1/s1. The molecule has 4 heterocycles. The largest absolute Gasteiger partial charge is 0.493 e. The Morgan fingerprint density at radius 2 is 1.81 bits per heavy atom. The normalized spacial score (nSPS) is 21.5. The maximum absolute atomic E-state index is 15.2. The highest BCUT2D eigenvalue weighted by molar-refractivity contribution is 5.83. The van der Waals surface area contributed by atoms with Crippen LogP contribution < -0.4 is 15.2 Å². The van der Waals surface area contributed by atoms with Gasteiger partial charge in [0.15, 0.2) is 0 Å². The summed E-state index contributed by atoms with van der Waals surface area (Å²) in [6.07, 6.45) is 7.37. The molecule has 3 aromatic rings. The van der Waals surface area contributed by atoms with E-state index in [1.807, 2.05) is 30.3 Å². The lowest BCUT2D eigenvalue weighted by Gasteiger charge is -2.25. The number of hydrogen-bond acceptors (Lipinski definition) is 5. The molecule has 0 unspecified atom stereocenters. The lowest BCUT2D eigenvalue weighted by Crippen LogP contribution is -2.35. The summed E-state index contributed by atoms with van der Waals surface area (Å²) in [6, 6.07) is 13.1. The molecule has 0 radical (unpaired) electrons. The first kappa shape index (κ1) is 23.5. The summed E-state index contributed by atoms with van der Waals surface area (Å²) in [4.78, 5) is 17.9. The Morgan fingerprint density at radius 1 is 0.972 bits per heavy atom. The van der Waals surface area contributed by atoms with E-state index in [1.165, 1.54) is 23.5 Å². The first-order valence-corrected chi connectivity index (χ1v) is 13.3. The summed E-state index contributed by atoms with van der Waals surface area (Å²) in [7, 11) is 0. The van der Waals surface area contributed by atoms with Crippen LogP contribution in [0.15, 0.2) is 53.5 Å². The highest BCUT2D eigenvalue weighted by Crippen LogP contribution is 2.29. The van der Waals surface area contributed by atoms with Gasteiger partial charge in [0.1, 0.15) is 11.6 Å². The van der Waals surface area contributed by atoms with E-state index < -0.39 is 0 Å². The number of ether oxygens (including phenoxy) is 2. The molecule has 0 N–H and O–H groups in total. The Kier molecular flexibility index (Phi) is 6.67. The Bertz CT molecular complexity index is 1280. The monoisotopic (exact) mass is 491 g/mol. The topological polar surface area (TPSA) is 46.9 Å². The number of anilines is 1. The van der Waals surface area contributed by atoms with Gasteiger partial charge in [0.2, 0.25) is 0 Å². The number of likely N-dealkylation sites (tertiary alicyclic amines) is 1. The Hall–Kier alpha value is -2.90. The van der Waals surface area contributed by atoms with Gasteiger partial charge in [0, 0.05) is 50.0 Å². The smallest absolute Gasteiger partial charge is 0.262 e. The van der Waals surface area contributed by atoms with Gasteiger partial charge in [-0.05, 0) is 92.9 Å². The van der Waals surface area contributed by atoms with E-state index in [0.29, 0.717) is 35.3 Å². The van der Waals surface area contributed by atoms with Crippen LogP contribution in [-0.2, 0) is 4.74 Å². The molecule has 6 rings (SSSR count). The summed E-state index contributed by atoms with van der Waals surface area (Å²) in [5.74, 6) is 0.991. The molecular formula is C29H34FN3O3. The van der Waals surface area contributed by atoms with Gasteiger partial charge in [-0.1, -0.05) is 0 Å². The highest BCUT2D eigenvalue weighted by Gasteiger charge is 2.30. The van der Waals surface area contributed by atoms with Gasteiger partial charge in [-0.2, -0.15) is 0 Å². The zero-order valence-electron chi connectivity index (χ0n) is 20.7. The molecule has 3 aliphatic rings. The summed E-state index contributed by atoms with van der Waals surface area (Å²) in [5.41, 5.74) is 1.00. The molecule has 190 valence electrons. The van der Waals surface area contributed by atoms with Crippen LogP contribution in [0.1, 0.15) is 32.1 Å². The fourth-order valence-corrected chi connectivity index (χ4v) is 5.91. The zero-order chi connectivity index (χ0) is 24.5. The van der Waals surface area contributed by atoms with E-state index in [2.05, 4.69) is 9.80 Å². The Labute approximate surface area is 211 Å². The summed E-state index contributed by atoms with van der Waals surface area (Å²) < 4.78 is 28.2. The predicted octanol–water partition coefficient (Wildman–Crippen LogP) is 4.61. The van der Waals surface area contributed by atoms with Crippen molar-refractivity contribution in [2.24, 2.45) is 5.92 Å². The van der Waals surface area contributed by atoms with Crippen molar-refractivity contribution in [3.63, 3.8) is 0 Å².